The van der Waals surface area contributed by atoms with Crippen molar-refractivity contribution in [2.75, 3.05) is 7.11 Å². The largest absolute Gasteiger partial charge is 0.496 e. The van der Waals surface area contributed by atoms with E-state index in [4.69, 9.17) is 9.47 Å². The second-order valence-electron chi connectivity index (χ2n) is 7.87. The number of rotatable bonds is 6. The first-order chi connectivity index (χ1) is 13.7. The van der Waals surface area contributed by atoms with Crippen LogP contribution < -0.4 is 4.74 Å². The van der Waals surface area contributed by atoms with E-state index < -0.39 is 16.1 Å². The van der Waals surface area contributed by atoms with E-state index in [1.54, 1.807) is 32.4 Å². The van der Waals surface area contributed by atoms with Crippen LogP contribution in [0.3, 0.4) is 0 Å². The number of para-hydroxylation sites is 1. The highest BCUT2D eigenvalue weighted by molar-refractivity contribution is 7.89. The molecule has 5 nitrogen and oxygen atoms in total. The number of ether oxygens (including phenoxy) is 2. The van der Waals surface area contributed by atoms with Gasteiger partial charge in [0.15, 0.2) is 0 Å². The van der Waals surface area contributed by atoms with Gasteiger partial charge in [-0.15, -0.1) is 0 Å². The first kappa shape index (κ1) is 21.2. The standard InChI is InChI=1S/C23H29NO4S/c1-16(2)14-21-23(20-8-6-7-9-22(20)27-5)28-18(4)15-24(21)29(25,26)19-12-10-17(3)11-13-19/h6-13,15-16,21,23H,14H2,1-5H3/t21-,23?/m0/s1. The van der Waals surface area contributed by atoms with Gasteiger partial charge < -0.3 is 9.47 Å². The fourth-order valence-electron chi connectivity index (χ4n) is 3.68. The summed E-state index contributed by atoms with van der Waals surface area (Å²) in [5.74, 6) is 1.52. The number of nitrogens with zero attached hydrogens (tertiary/aromatic N) is 1. The van der Waals surface area contributed by atoms with Gasteiger partial charge in [0.05, 0.1) is 24.2 Å². The predicted molar refractivity (Wildman–Crippen MR) is 114 cm³/mol. The van der Waals surface area contributed by atoms with Gasteiger partial charge in [-0.2, -0.15) is 0 Å². The molecule has 2 aromatic carbocycles. The molecule has 0 saturated heterocycles. The molecule has 156 valence electrons. The first-order valence-electron chi connectivity index (χ1n) is 9.82. The molecule has 29 heavy (non-hydrogen) atoms. The summed E-state index contributed by atoms with van der Waals surface area (Å²) >= 11 is 0. The van der Waals surface area contributed by atoms with Crippen LogP contribution in [0.25, 0.3) is 0 Å². The molecular formula is C23H29NO4S. The van der Waals surface area contributed by atoms with Crippen LogP contribution >= 0.6 is 0 Å². The van der Waals surface area contributed by atoms with E-state index in [0.29, 0.717) is 17.9 Å². The normalized spacial score (nSPS) is 19.7. The summed E-state index contributed by atoms with van der Waals surface area (Å²) in [6.07, 6.45) is 1.80. The Kier molecular flexibility index (Phi) is 6.22. The maximum atomic E-state index is 13.6. The highest BCUT2D eigenvalue weighted by atomic mass is 32.2. The minimum absolute atomic E-state index is 0.279. The molecule has 1 aliphatic rings. The van der Waals surface area contributed by atoms with Crippen molar-refractivity contribution in [3.05, 3.63) is 71.6 Å². The summed E-state index contributed by atoms with van der Waals surface area (Å²) in [5, 5.41) is 0. The monoisotopic (exact) mass is 415 g/mol. The fourth-order valence-corrected chi connectivity index (χ4v) is 5.24. The van der Waals surface area contributed by atoms with Crippen LogP contribution in [0.15, 0.2) is 65.4 Å². The summed E-state index contributed by atoms with van der Waals surface area (Å²) < 4.78 is 40.3. The van der Waals surface area contributed by atoms with Crippen molar-refractivity contribution in [2.24, 2.45) is 5.92 Å². The molecule has 3 rings (SSSR count). The quantitative estimate of drug-likeness (QED) is 0.663. The molecule has 0 aromatic heterocycles. The Morgan fingerprint density at radius 3 is 2.34 bits per heavy atom. The minimum Gasteiger partial charge on any atom is -0.496 e. The lowest BCUT2D eigenvalue weighted by Crippen LogP contribution is -2.44. The van der Waals surface area contributed by atoms with Gasteiger partial charge in [-0.05, 0) is 44.4 Å². The minimum atomic E-state index is -3.73. The molecule has 1 aliphatic heterocycles. The van der Waals surface area contributed by atoms with Gasteiger partial charge in [0.25, 0.3) is 10.0 Å². The molecule has 1 heterocycles. The second kappa shape index (κ2) is 8.49. The molecule has 1 unspecified atom stereocenters. The second-order valence-corrected chi connectivity index (χ2v) is 9.71. The lowest BCUT2D eigenvalue weighted by molar-refractivity contribution is 0.0285. The molecule has 0 bridgehead atoms. The number of hydrogen-bond donors (Lipinski definition) is 0. The highest BCUT2D eigenvalue weighted by Crippen LogP contribution is 2.41. The van der Waals surface area contributed by atoms with Crippen molar-refractivity contribution in [3.63, 3.8) is 0 Å². The maximum absolute atomic E-state index is 13.6. The van der Waals surface area contributed by atoms with Gasteiger partial charge in [-0.1, -0.05) is 49.7 Å². The van der Waals surface area contributed by atoms with Crippen LogP contribution in [0.1, 0.15) is 44.4 Å². The van der Waals surface area contributed by atoms with Crippen molar-refractivity contribution < 1.29 is 17.9 Å². The lowest BCUT2D eigenvalue weighted by atomic mass is 9.93. The van der Waals surface area contributed by atoms with Crippen molar-refractivity contribution in [1.82, 2.24) is 4.31 Å². The van der Waals surface area contributed by atoms with E-state index >= 15 is 0 Å². The average molecular weight is 416 g/mol. The van der Waals surface area contributed by atoms with E-state index in [2.05, 4.69) is 13.8 Å². The zero-order chi connectivity index (χ0) is 21.2. The smallest absolute Gasteiger partial charge is 0.264 e. The van der Waals surface area contributed by atoms with Gasteiger partial charge in [0.2, 0.25) is 0 Å². The SMILES string of the molecule is COc1ccccc1C1OC(C)=CN(S(=O)(=O)c2ccc(C)cc2)[C@H]1CC(C)C. The van der Waals surface area contributed by atoms with Crippen molar-refractivity contribution in [1.29, 1.82) is 0 Å². The van der Waals surface area contributed by atoms with Gasteiger partial charge in [0.1, 0.15) is 17.6 Å². The third kappa shape index (κ3) is 4.42. The highest BCUT2D eigenvalue weighted by Gasteiger charge is 2.40. The van der Waals surface area contributed by atoms with Gasteiger partial charge in [-0.3, -0.25) is 4.31 Å². The topological polar surface area (TPSA) is 55.8 Å². The van der Waals surface area contributed by atoms with Crippen molar-refractivity contribution >= 4 is 10.0 Å². The van der Waals surface area contributed by atoms with Gasteiger partial charge >= 0.3 is 0 Å². The third-order valence-electron chi connectivity index (χ3n) is 5.05. The summed E-state index contributed by atoms with van der Waals surface area (Å²) in [6, 6.07) is 14.2. The first-order valence-corrected chi connectivity index (χ1v) is 11.3. The zero-order valence-corrected chi connectivity index (χ0v) is 18.4. The summed E-state index contributed by atoms with van der Waals surface area (Å²) in [7, 11) is -2.12. The average Bonchev–Trinajstić information content (AvgIpc) is 2.69. The van der Waals surface area contributed by atoms with Crippen LogP contribution in [-0.2, 0) is 14.8 Å². The fraction of sp³-hybridized carbons (Fsp3) is 0.391. The third-order valence-corrected chi connectivity index (χ3v) is 6.85. The Labute approximate surface area is 174 Å². The number of methoxy groups -OCH3 is 1. The Morgan fingerprint density at radius 1 is 1.07 bits per heavy atom. The van der Waals surface area contributed by atoms with Crippen LogP contribution in [0.5, 0.6) is 5.75 Å². The van der Waals surface area contributed by atoms with E-state index in [9.17, 15) is 8.42 Å². The molecule has 6 heteroatoms. The number of benzene rings is 2. The molecule has 0 aliphatic carbocycles. The van der Waals surface area contributed by atoms with Crippen LogP contribution in [-0.4, -0.2) is 25.9 Å². The molecular weight excluding hydrogens is 386 g/mol. The van der Waals surface area contributed by atoms with Crippen LogP contribution in [0, 0.1) is 12.8 Å². The Balaban J connectivity index is 2.12. The molecule has 0 amide bonds. The molecule has 0 radical (unpaired) electrons. The molecule has 2 atom stereocenters. The van der Waals surface area contributed by atoms with Crippen molar-refractivity contribution in [3.8, 4) is 5.75 Å². The number of aryl methyl sites for hydroxylation is 1. The van der Waals surface area contributed by atoms with Crippen molar-refractivity contribution in [2.45, 2.75) is 51.2 Å². The zero-order valence-electron chi connectivity index (χ0n) is 17.6. The van der Waals surface area contributed by atoms with Crippen LogP contribution in [0.4, 0.5) is 0 Å². The van der Waals surface area contributed by atoms with Crippen LogP contribution in [0.2, 0.25) is 0 Å². The van der Waals surface area contributed by atoms with E-state index in [-0.39, 0.29) is 16.9 Å². The molecule has 0 spiro atoms. The Bertz CT molecular complexity index is 980. The molecule has 0 fully saturated rings. The Morgan fingerprint density at radius 2 is 1.72 bits per heavy atom. The molecule has 0 N–H and O–H groups in total. The van der Waals surface area contributed by atoms with E-state index in [1.165, 1.54) is 4.31 Å². The Hall–Kier alpha value is -2.47. The molecule has 2 aromatic rings. The number of allylic oxidation sites excluding steroid dienone is 1. The number of sulfonamides is 1. The molecule has 0 saturated carbocycles. The summed E-state index contributed by atoms with van der Waals surface area (Å²) in [5.41, 5.74) is 1.86. The number of hydrogen-bond acceptors (Lipinski definition) is 4. The van der Waals surface area contributed by atoms with Gasteiger partial charge in [-0.25, -0.2) is 8.42 Å². The van der Waals surface area contributed by atoms with E-state index in [1.807, 2.05) is 43.3 Å². The van der Waals surface area contributed by atoms with E-state index in [0.717, 1.165) is 11.1 Å². The lowest BCUT2D eigenvalue weighted by Gasteiger charge is -2.41. The summed E-state index contributed by atoms with van der Waals surface area (Å²) in [6.45, 7) is 7.89. The van der Waals surface area contributed by atoms with Gasteiger partial charge in [0, 0.05) is 5.56 Å². The predicted octanol–water partition coefficient (Wildman–Crippen LogP) is 5.04. The summed E-state index contributed by atoms with van der Waals surface area (Å²) in [4.78, 5) is 0.279. The maximum Gasteiger partial charge on any atom is 0.264 e.